The van der Waals surface area contributed by atoms with E-state index in [1.807, 2.05) is 0 Å². The average molecular weight is 280 g/mol. The Labute approximate surface area is 108 Å². The summed E-state index contributed by atoms with van der Waals surface area (Å²) in [6.45, 7) is 4.14. The zero-order chi connectivity index (χ0) is 13.9. The molecule has 6 heteroatoms. The minimum Gasteiger partial charge on any atom is -0.339 e. The van der Waals surface area contributed by atoms with Crippen molar-refractivity contribution in [2.24, 2.45) is 0 Å². The first-order chi connectivity index (χ1) is 8.31. The SMILES string of the molecule is CCN(CC)C(=O)c1ccc(Cl)cc1C(F)(F)F. The maximum Gasteiger partial charge on any atom is 0.417 e. The molecule has 0 saturated heterocycles. The molecule has 1 amide bonds. The van der Waals surface area contributed by atoms with Gasteiger partial charge in [-0.1, -0.05) is 11.6 Å². The first-order valence-corrected chi connectivity index (χ1v) is 5.85. The molecule has 0 N–H and O–H groups in total. The van der Waals surface area contributed by atoms with Crippen LogP contribution in [0.1, 0.15) is 29.8 Å². The van der Waals surface area contributed by atoms with E-state index in [0.717, 1.165) is 12.1 Å². The summed E-state index contributed by atoms with van der Waals surface area (Å²) < 4.78 is 38.5. The van der Waals surface area contributed by atoms with Crippen molar-refractivity contribution in [1.82, 2.24) is 4.90 Å². The van der Waals surface area contributed by atoms with E-state index in [9.17, 15) is 18.0 Å². The molecule has 0 radical (unpaired) electrons. The molecular formula is C12H13ClF3NO. The van der Waals surface area contributed by atoms with Crippen LogP contribution in [0.3, 0.4) is 0 Å². The van der Waals surface area contributed by atoms with Gasteiger partial charge in [-0.3, -0.25) is 4.79 Å². The van der Waals surface area contributed by atoms with Gasteiger partial charge in [-0.2, -0.15) is 13.2 Å². The summed E-state index contributed by atoms with van der Waals surface area (Å²) in [4.78, 5) is 13.3. The van der Waals surface area contributed by atoms with Crippen LogP contribution in [0, 0.1) is 0 Å². The first kappa shape index (κ1) is 14.8. The fraction of sp³-hybridized carbons (Fsp3) is 0.417. The van der Waals surface area contributed by atoms with Crippen molar-refractivity contribution >= 4 is 17.5 Å². The standard InChI is InChI=1S/C12H13ClF3NO/c1-3-17(4-2)11(18)9-6-5-8(13)7-10(9)12(14,15)16/h5-7H,3-4H2,1-2H3. The van der Waals surface area contributed by atoms with Crippen LogP contribution in [0.15, 0.2) is 18.2 Å². The summed E-state index contributed by atoms with van der Waals surface area (Å²) >= 11 is 5.55. The van der Waals surface area contributed by atoms with Crippen LogP contribution in [0.5, 0.6) is 0 Å². The molecule has 100 valence electrons. The maximum absolute atomic E-state index is 12.8. The van der Waals surface area contributed by atoms with E-state index in [4.69, 9.17) is 11.6 Å². The van der Waals surface area contributed by atoms with Crippen LogP contribution in [-0.4, -0.2) is 23.9 Å². The number of nitrogens with zero attached hydrogens (tertiary/aromatic N) is 1. The van der Waals surface area contributed by atoms with Crippen molar-refractivity contribution in [2.45, 2.75) is 20.0 Å². The Morgan fingerprint density at radius 2 is 1.83 bits per heavy atom. The highest BCUT2D eigenvalue weighted by atomic mass is 35.5. The Balaban J connectivity index is 3.28. The molecule has 2 nitrogen and oxygen atoms in total. The summed E-state index contributed by atoms with van der Waals surface area (Å²) in [6, 6.07) is 3.18. The molecule has 0 unspecified atom stereocenters. The fourth-order valence-electron chi connectivity index (χ4n) is 1.62. The third kappa shape index (κ3) is 3.16. The summed E-state index contributed by atoms with van der Waals surface area (Å²) in [5.74, 6) is -0.635. The van der Waals surface area contributed by atoms with Crippen LogP contribution in [-0.2, 0) is 6.18 Å². The number of carbonyl (C=O) groups excluding carboxylic acids is 1. The molecule has 0 aliphatic carbocycles. The molecule has 0 saturated carbocycles. The predicted molar refractivity (Wildman–Crippen MR) is 63.7 cm³/mol. The average Bonchev–Trinajstić information content (AvgIpc) is 2.29. The molecule has 0 fully saturated rings. The van der Waals surface area contributed by atoms with Crippen molar-refractivity contribution in [3.05, 3.63) is 34.3 Å². The number of amides is 1. The minimum absolute atomic E-state index is 0.0431. The Kier molecular flexibility index (Phi) is 4.62. The largest absolute Gasteiger partial charge is 0.417 e. The second-order valence-electron chi connectivity index (χ2n) is 3.67. The maximum atomic E-state index is 12.8. The smallest absolute Gasteiger partial charge is 0.339 e. The van der Waals surface area contributed by atoms with Crippen molar-refractivity contribution in [3.63, 3.8) is 0 Å². The second kappa shape index (κ2) is 5.61. The van der Waals surface area contributed by atoms with Crippen molar-refractivity contribution in [1.29, 1.82) is 0 Å². The van der Waals surface area contributed by atoms with Gasteiger partial charge in [0, 0.05) is 18.1 Å². The first-order valence-electron chi connectivity index (χ1n) is 5.47. The Morgan fingerprint density at radius 3 is 2.28 bits per heavy atom. The number of halogens is 4. The van der Waals surface area contributed by atoms with E-state index in [1.54, 1.807) is 13.8 Å². The van der Waals surface area contributed by atoms with Gasteiger partial charge in [0.15, 0.2) is 0 Å². The Morgan fingerprint density at radius 1 is 1.28 bits per heavy atom. The summed E-state index contributed by atoms with van der Waals surface area (Å²) in [7, 11) is 0. The van der Waals surface area contributed by atoms with Crippen LogP contribution in [0.2, 0.25) is 5.02 Å². The molecule has 0 heterocycles. The van der Waals surface area contributed by atoms with E-state index in [0.29, 0.717) is 13.1 Å². The zero-order valence-corrected chi connectivity index (χ0v) is 10.8. The summed E-state index contributed by atoms with van der Waals surface area (Å²) in [5, 5.41) is -0.0431. The molecule has 0 spiro atoms. The van der Waals surface area contributed by atoms with Crippen LogP contribution in [0.25, 0.3) is 0 Å². The third-order valence-corrected chi connectivity index (χ3v) is 2.80. The van der Waals surface area contributed by atoms with Crippen molar-refractivity contribution in [2.75, 3.05) is 13.1 Å². The molecule has 1 rings (SSSR count). The van der Waals surface area contributed by atoms with E-state index >= 15 is 0 Å². The molecular weight excluding hydrogens is 267 g/mol. The summed E-state index contributed by atoms with van der Waals surface area (Å²) in [6.07, 6.45) is -4.59. The fourth-order valence-corrected chi connectivity index (χ4v) is 1.79. The lowest BCUT2D eigenvalue weighted by Crippen LogP contribution is -2.32. The van der Waals surface area contributed by atoms with Gasteiger partial charge < -0.3 is 4.90 Å². The molecule has 0 aromatic heterocycles. The minimum atomic E-state index is -4.59. The van der Waals surface area contributed by atoms with Gasteiger partial charge in [-0.15, -0.1) is 0 Å². The topological polar surface area (TPSA) is 20.3 Å². The van der Waals surface area contributed by atoms with Crippen LogP contribution < -0.4 is 0 Å². The van der Waals surface area contributed by atoms with Gasteiger partial charge in [0.05, 0.1) is 11.1 Å². The molecule has 0 atom stereocenters. The van der Waals surface area contributed by atoms with Crippen LogP contribution >= 0.6 is 11.6 Å². The lowest BCUT2D eigenvalue weighted by Gasteiger charge is -2.21. The van der Waals surface area contributed by atoms with E-state index in [1.165, 1.54) is 11.0 Å². The second-order valence-corrected chi connectivity index (χ2v) is 4.10. The normalized spacial score (nSPS) is 11.4. The van der Waals surface area contributed by atoms with Crippen molar-refractivity contribution < 1.29 is 18.0 Å². The number of hydrogen-bond donors (Lipinski definition) is 0. The molecule has 1 aromatic carbocycles. The van der Waals surface area contributed by atoms with Crippen molar-refractivity contribution in [3.8, 4) is 0 Å². The van der Waals surface area contributed by atoms with E-state index in [2.05, 4.69) is 0 Å². The number of benzene rings is 1. The highest BCUT2D eigenvalue weighted by Gasteiger charge is 2.36. The predicted octanol–water partition coefficient (Wildman–Crippen LogP) is 3.84. The quantitative estimate of drug-likeness (QED) is 0.823. The van der Waals surface area contributed by atoms with Gasteiger partial charge in [0.25, 0.3) is 5.91 Å². The molecule has 1 aromatic rings. The van der Waals surface area contributed by atoms with E-state index in [-0.39, 0.29) is 10.6 Å². The molecule has 0 aliphatic rings. The van der Waals surface area contributed by atoms with Gasteiger partial charge >= 0.3 is 6.18 Å². The number of alkyl halides is 3. The monoisotopic (exact) mass is 279 g/mol. The Bertz CT molecular complexity index is 441. The summed E-state index contributed by atoms with van der Waals surface area (Å²) in [5.41, 5.74) is -1.36. The molecule has 0 bridgehead atoms. The van der Waals surface area contributed by atoms with Gasteiger partial charge in [-0.25, -0.2) is 0 Å². The highest BCUT2D eigenvalue weighted by molar-refractivity contribution is 6.30. The van der Waals surface area contributed by atoms with Gasteiger partial charge in [0.2, 0.25) is 0 Å². The molecule has 18 heavy (non-hydrogen) atoms. The van der Waals surface area contributed by atoms with Gasteiger partial charge in [0.1, 0.15) is 0 Å². The number of hydrogen-bond acceptors (Lipinski definition) is 1. The third-order valence-electron chi connectivity index (χ3n) is 2.57. The number of carbonyl (C=O) groups is 1. The van der Waals surface area contributed by atoms with Gasteiger partial charge in [-0.05, 0) is 32.0 Å². The van der Waals surface area contributed by atoms with E-state index < -0.39 is 17.6 Å². The lowest BCUT2D eigenvalue weighted by molar-refractivity contribution is -0.138. The lowest BCUT2D eigenvalue weighted by atomic mass is 10.1. The highest BCUT2D eigenvalue weighted by Crippen LogP contribution is 2.34. The van der Waals surface area contributed by atoms with Crippen LogP contribution in [0.4, 0.5) is 13.2 Å². The Hall–Kier alpha value is -1.23. The number of rotatable bonds is 3. The zero-order valence-electron chi connectivity index (χ0n) is 10.0. The molecule has 0 aliphatic heterocycles.